The van der Waals surface area contributed by atoms with Crippen LogP contribution in [0.4, 0.5) is 13.2 Å². The summed E-state index contributed by atoms with van der Waals surface area (Å²) in [5.41, 5.74) is 0.240. The van der Waals surface area contributed by atoms with Crippen molar-refractivity contribution < 1.29 is 21.6 Å². The topological polar surface area (TPSA) is 64.3 Å². The van der Waals surface area contributed by atoms with Crippen LogP contribution in [-0.2, 0) is 16.3 Å². The number of halogens is 3. The average Bonchev–Trinajstić information content (AvgIpc) is 3.04. The number of allylic oxidation sites excluding steroid dienone is 2. The predicted molar refractivity (Wildman–Crippen MR) is 95.9 cm³/mol. The smallest absolute Gasteiger partial charge is 0.281 e. The normalized spacial score (nSPS) is 12.0. The first-order chi connectivity index (χ1) is 12.3. The Kier molecular flexibility index (Phi) is 8.24. The van der Waals surface area contributed by atoms with Crippen LogP contribution >= 0.6 is 0 Å². The minimum atomic E-state index is -3.31. The van der Waals surface area contributed by atoms with E-state index in [1.807, 2.05) is 0 Å². The Labute approximate surface area is 150 Å². The summed E-state index contributed by atoms with van der Waals surface area (Å²) in [4.78, 5) is 7.92. The van der Waals surface area contributed by atoms with E-state index in [4.69, 9.17) is 0 Å². The summed E-state index contributed by atoms with van der Waals surface area (Å²) < 4.78 is 59.9. The molecule has 0 unspecified atom stereocenters. The zero-order chi connectivity index (χ0) is 19.7. The number of sulfone groups is 1. The molecule has 0 spiro atoms. The quantitative estimate of drug-likeness (QED) is 0.712. The van der Waals surface area contributed by atoms with E-state index in [2.05, 4.69) is 9.98 Å². The second-order valence-corrected chi connectivity index (χ2v) is 7.07. The summed E-state index contributed by atoms with van der Waals surface area (Å²) in [6.07, 6.45) is 5.08. The van der Waals surface area contributed by atoms with Gasteiger partial charge in [-0.2, -0.15) is 0 Å². The van der Waals surface area contributed by atoms with Crippen molar-refractivity contribution in [1.82, 2.24) is 9.55 Å². The number of alkyl halides is 3. The number of hydrogen-bond donors (Lipinski definition) is 0. The highest BCUT2D eigenvalue weighted by molar-refractivity contribution is 7.90. The highest BCUT2D eigenvalue weighted by Crippen LogP contribution is 2.22. The third-order valence-electron chi connectivity index (χ3n) is 3.24. The van der Waals surface area contributed by atoms with Crippen molar-refractivity contribution in [3.63, 3.8) is 0 Å². The van der Waals surface area contributed by atoms with E-state index in [-0.39, 0.29) is 10.6 Å². The molecule has 1 aromatic carbocycles. The fraction of sp³-hybridized carbons (Fsp3) is 0.294. The van der Waals surface area contributed by atoms with E-state index in [1.54, 1.807) is 37.5 Å². The van der Waals surface area contributed by atoms with E-state index < -0.39 is 16.3 Å². The van der Waals surface area contributed by atoms with Crippen molar-refractivity contribution in [3.8, 4) is 5.69 Å². The molecule has 0 radical (unpaired) electrons. The average molecular weight is 387 g/mol. The summed E-state index contributed by atoms with van der Waals surface area (Å²) in [7, 11) is -1.18. The van der Waals surface area contributed by atoms with Gasteiger partial charge in [-0.05, 0) is 30.3 Å². The van der Waals surface area contributed by atoms with Gasteiger partial charge >= 0.3 is 0 Å². The van der Waals surface area contributed by atoms with E-state index in [9.17, 15) is 21.6 Å². The third-order valence-corrected chi connectivity index (χ3v) is 4.36. The van der Waals surface area contributed by atoms with Crippen LogP contribution in [0.25, 0.3) is 5.69 Å². The molecule has 0 saturated carbocycles. The zero-order valence-electron chi connectivity index (χ0n) is 14.6. The molecule has 0 saturated heterocycles. The second kappa shape index (κ2) is 9.91. The van der Waals surface area contributed by atoms with Crippen molar-refractivity contribution in [2.75, 3.05) is 20.5 Å². The van der Waals surface area contributed by atoms with Crippen molar-refractivity contribution in [3.05, 3.63) is 54.1 Å². The SMILES string of the molecule is CF.CN=C/C=C\Cc1nc(C(F)F)cn1-c1ccc(S(C)(=O)=O)cc1. The molecule has 0 aliphatic heterocycles. The molecule has 0 aliphatic rings. The Hall–Kier alpha value is -2.42. The van der Waals surface area contributed by atoms with Crippen molar-refractivity contribution in [1.29, 1.82) is 0 Å². The fourth-order valence-corrected chi connectivity index (χ4v) is 2.72. The van der Waals surface area contributed by atoms with Gasteiger partial charge in [0, 0.05) is 37.8 Å². The molecule has 0 fully saturated rings. The number of nitrogens with zero attached hydrogens (tertiary/aromatic N) is 3. The minimum absolute atomic E-state index is 0.168. The molecule has 0 amide bonds. The highest BCUT2D eigenvalue weighted by atomic mass is 32.2. The maximum atomic E-state index is 12.9. The van der Waals surface area contributed by atoms with Crippen LogP contribution in [0.5, 0.6) is 0 Å². The summed E-state index contributed by atoms with van der Waals surface area (Å²) in [5, 5.41) is 0. The monoisotopic (exact) mass is 387 g/mol. The van der Waals surface area contributed by atoms with Crippen molar-refractivity contribution in [2.45, 2.75) is 17.7 Å². The molecule has 9 heteroatoms. The minimum Gasteiger partial charge on any atom is -0.303 e. The number of benzene rings is 1. The number of aliphatic imine (C=N–C) groups is 1. The standard InChI is InChI=1S/C16H17F2N3O2S.CH3F/c1-19-10-4-3-5-15-20-14(16(17)18)11-21(15)12-6-8-13(9-7-12)24(2,22)23;1-2/h3-4,6-11,16H,5H2,1-2H3;1H3/b4-3-,19-10?;. The highest BCUT2D eigenvalue weighted by Gasteiger charge is 2.16. The summed E-state index contributed by atoms with van der Waals surface area (Å²) in [6.45, 7) is 0. The van der Waals surface area contributed by atoms with Crippen LogP contribution in [0.15, 0.2) is 52.5 Å². The zero-order valence-corrected chi connectivity index (χ0v) is 15.4. The Morgan fingerprint density at radius 1 is 1.23 bits per heavy atom. The molecule has 2 rings (SSSR count). The fourth-order valence-electron chi connectivity index (χ4n) is 2.09. The molecule has 1 aromatic heterocycles. The molecule has 0 N–H and O–H groups in total. The van der Waals surface area contributed by atoms with Gasteiger partial charge in [0.25, 0.3) is 6.43 Å². The Morgan fingerprint density at radius 2 is 1.85 bits per heavy atom. The Balaban J connectivity index is 0.00000163. The van der Waals surface area contributed by atoms with Crippen LogP contribution in [0.1, 0.15) is 17.9 Å². The molecular weight excluding hydrogens is 367 g/mol. The van der Waals surface area contributed by atoms with Gasteiger partial charge in [-0.1, -0.05) is 6.08 Å². The molecule has 26 heavy (non-hydrogen) atoms. The van der Waals surface area contributed by atoms with Crippen LogP contribution in [0, 0.1) is 0 Å². The first-order valence-corrected chi connectivity index (χ1v) is 9.34. The van der Waals surface area contributed by atoms with Crippen molar-refractivity contribution in [2.24, 2.45) is 4.99 Å². The number of hydrogen-bond acceptors (Lipinski definition) is 4. The van der Waals surface area contributed by atoms with Gasteiger partial charge in [-0.3, -0.25) is 9.38 Å². The molecule has 5 nitrogen and oxygen atoms in total. The summed E-state index contributed by atoms with van der Waals surface area (Å²) >= 11 is 0. The van der Waals surface area contributed by atoms with Gasteiger partial charge in [-0.15, -0.1) is 0 Å². The lowest BCUT2D eigenvalue weighted by Gasteiger charge is -2.07. The predicted octanol–water partition coefficient (Wildman–Crippen LogP) is 3.60. The van der Waals surface area contributed by atoms with Crippen molar-refractivity contribution >= 4 is 16.1 Å². The number of rotatable bonds is 6. The van der Waals surface area contributed by atoms with Gasteiger partial charge in [0.1, 0.15) is 11.5 Å². The van der Waals surface area contributed by atoms with Crippen LogP contribution in [0.3, 0.4) is 0 Å². The molecule has 2 aromatic rings. The van der Waals surface area contributed by atoms with Gasteiger partial charge in [0.15, 0.2) is 9.84 Å². The van der Waals surface area contributed by atoms with E-state index in [1.165, 1.54) is 22.9 Å². The van der Waals surface area contributed by atoms with E-state index in [0.717, 1.165) is 6.26 Å². The van der Waals surface area contributed by atoms with Gasteiger partial charge in [0.05, 0.1) is 12.1 Å². The largest absolute Gasteiger partial charge is 0.303 e. The molecule has 0 atom stereocenters. The molecular formula is C17H20F3N3O2S. The first kappa shape index (κ1) is 21.6. The Morgan fingerprint density at radius 3 is 2.35 bits per heavy atom. The van der Waals surface area contributed by atoms with Gasteiger partial charge in [-0.25, -0.2) is 22.2 Å². The van der Waals surface area contributed by atoms with Crippen LogP contribution in [0.2, 0.25) is 0 Å². The van der Waals surface area contributed by atoms with Gasteiger partial charge < -0.3 is 4.57 Å². The van der Waals surface area contributed by atoms with Gasteiger partial charge in [0.2, 0.25) is 0 Å². The second-order valence-electron chi connectivity index (χ2n) is 5.06. The molecule has 0 bridgehead atoms. The lowest BCUT2D eigenvalue weighted by Crippen LogP contribution is -2.01. The Bertz CT molecular complexity index is 858. The lowest BCUT2D eigenvalue weighted by molar-refractivity contribution is 0.146. The molecule has 0 aliphatic carbocycles. The first-order valence-electron chi connectivity index (χ1n) is 7.45. The number of imidazole rings is 1. The molecule has 1 heterocycles. The lowest BCUT2D eigenvalue weighted by atomic mass is 10.3. The maximum Gasteiger partial charge on any atom is 0.281 e. The summed E-state index contributed by atoms with van der Waals surface area (Å²) in [5.74, 6) is 0.429. The summed E-state index contributed by atoms with van der Waals surface area (Å²) in [6, 6.07) is 6.01. The van der Waals surface area contributed by atoms with E-state index in [0.29, 0.717) is 25.1 Å². The maximum absolute atomic E-state index is 12.9. The van der Waals surface area contributed by atoms with Crippen LogP contribution < -0.4 is 0 Å². The van der Waals surface area contributed by atoms with E-state index >= 15 is 0 Å². The molecule has 142 valence electrons. The number of aromatic nitrogens is 2. The third kappa shape index (κ3) is 5.83. The van der Waals surface area contributed by atoms with Crippen LogP contribution in [-0.4, -0.2) is 44.7 Å².